The number of rotatable bonds is 10. The number of hydrogen-bond acceptors (Lipinski definition) is 5. The molecule has 110 valence electrons. The maximum Gasteiger partial charge on any atom is 0.407 e. The van der Waals surface area contributed by atoms with Gasteiger partial charge in [-0.05, 0) is 19.4 Å². The lowest BCUT2D eigenvalue weighted by atomic mass is 10.4. The standard InChI is InChI=1S/C12H23NO5Si/c1-10(2)11(14)17-7-5-8-18-12(15)13-6-4-9-19-16-3/h1,4-9,19H2,2-3H3,(H,13,15). The molecule has 0 rings (SSSR count). The predicted octanol–water partition coefficient (Wildman–Crippen LogP) is 0.761. The first kappa shape index (κ1) is 17.7. The number of ether oxygens (including phenoxy) is 2. The average Bonchev–Trinajstić information content (AvgIpc) is 2.37. The van der Waals surface area contributed by atoms with E-state index in [1.54, 1.807) is 14.0 Å². The fourth-order valence-corrected chi connectivity index (χ4v) is 1.87. The van der Waals surface area contributed by atoms with Gasteiger partial charge in [-0.25, -0.2) is 9.59 Å². The van der Waals surface area contributed by atoms with Gasteiger partial charge >= 0.3 is 12.1 Å². The van der Waals surface area contributed by atoms with Crippen LogP contribution in [0.25, 0.3) is 0 Å². The molecule has 6 nitrogen and oxygen atoms in total. The molecule has 0 atom stereocenters. The minimum Gasteiger partial charge on any atom is -0.462 e. The summed E-state index contributed by atoms with van der Waals surface area (Å²) in [5.41, 5.74) is 0.360. The van der Waals surface area contributed by atoms with Crippen LogP contribution < -0.4 is 5.32 Å². The number of amides is 1. The molecule has 0 fully saturated rings. The summed E-state index contributed by atoms with van der Waals surface area (Å²) >= 11 is 0. The Balaban J connectivity index is 3.34. The van der Waals surface area contributed by atoms with Crippen LogP contribution in [0.2, 0.25) is 6.04 Å². The molecular weight excluding hydrogens is 266 g/mol. The summed E-state index contributed by atoms with van der Waals surface area (Å²) in [4.78, 5) is 22.2. The molecule has 0 bridgehead atoms. The molecule has 7 heteroatoms. The Labute approximate surface area is 116 Å². The van der Waals surface area contributed by atoms with Gasteiger partial charge in [0.1, 0.15) is 0 Å². The van der Waals surface area contributed by atoms with Crippen molar-refractivity contribution in [2.45, 2.75) is 25.8 Å². The molecule has 1 N–H and O–H groups in total. The molecule has 0 aromatic rings. The third-order valence-corrected chi connectivity index (χ3v) is 3.34. The van der Waals surface area contributed by atoms with Crippen molar-refractivity contribution in [2.24, 2.45) is 0 Å². The highest BCUT2D eigenvalue weighted by Crippen LogP contribution is 1.94. The molecule has 19 heavy (non-hydrogen) atoms. The highest BCUT2D eigenvalue weighted by molar-refractivity contribution is 6.26. The van der Waals surface area contributed by atoms with Crippen LogP contribution >= 0.6 is 0 Å². The van der Waals surface area contributed by atoms with Crippen molar-refractivity contribution in [3.05, 3.63) is 12.2 Å². The van der Waals surface area contributed by atoms with Gasteiger partial charge in [0.25, 0.3) is 0 Å². The van der Waals surface area contributed by atoms with Crippen molar-refractivity contribution in [3.8, 4) is 0 Å². The summed E-state index contributed by atoms with van der Waals surface area (Å²) in [5.74, 6) is -0.424. The van der Waals surface area contributed by atoms with Crippen LogP contribution in [0.1, 0.15) is 19.8 Å². The minimum absolute atomic E-state index is 0.221. The van der Waals surface area contributed by atoms with E-state index < -0.39 is 21.8 Å². The molecule has 0 saturated carbocycles. The van der Waals surface area contributed by atoms with Crippen LogP contribution in [-0.2, 0) is 18.7 Å². The molecule has 0 aromatic carbocycles. The van der Waals surface area contributed by atoms with Crippen molar-refractivity contribution >= 4 is 21.8 Å². The second-order valence-electron chi connectivity index (χ2n) is 4.03. The number of carbonyl (C=O) groups is 2. The molecule has 0 spiro atoms. The summed E-state index contributed by atoms with van der Waals surface area (Å²) in [6, 6.07) is 1.04. The van der Waals surface area contributed by atoms with Gasteiger partial charge in [-0.1, -0.05) is 6.58 Å². The Bertz CT molecular complexity index is 296. The molecule has 1 amide bonds. The topological polar surface area (TPSA) is 73.9 Å². The van der Waals surface area contributed by atoms with E-state index >= 15 is 0 Å². The Morgan fingerprint density at radius 1 is 1.21 bits per heavy atom. The summed E-state index contributed by atoms with van der Waals surface area (Å²) in [6.45, 7) is 6.09. The minimum atomic E-state index is -0.440. The van der Waals surface area contributed by atoms with Gasteiger partial charge in [0.15, 0.2) is 9.76 Å². The zero-order valence-corrected chi connectivity index (χ0v) is 13.1. The second-order valence-corrected chi connectivity index (χ2v) is 5.73. The summed E-state index contributed by atoms with van der Waals surface area (Å²) in [7, 11) is 1.29. The zero-order valence-electron chi connectivity index (χ0n) is 11.7. The maximum absolute atomic E-state index is 11.2. The van der Waals surface area contributed by atoms with Gasteiger partial charge in [0.2, 0.25) is 0 Å². The van der Waals surface area contributed by atoms with Crippen molar-refractivity contribution in [1.29, 1.82) is 0 Å². The SMILES string of the molecule is C=C(C)C(=O)OCCCOC(=O)NCCC[SiH2]OC. The molecule has 0 aliphatic heterocycles. The Hall–Kier alpha value is -1.34. The molecule has 0 saturated heterocycles. The van der Waals surface area contributed by atoms with Gasteiger partial charge in [-0.2, -0.15) is 0 Å². The number of carbonyl (C=O) groups excluding carboxylic acids is 2. The van der Waals surface area contributed by atoms with Gasteiger partial charge in [-0.15, -0.1) is 0 Å². The van der Waals surface area contributed by atoms with Crippen LogP contribution in [0.3, 0.4) is 0 Å². The van der Waals surface area contributed by atoms with E-state index in [0.717, 1.165) is 12.5 Å². The fourth-order valence-electron chi connectivity index (χ4n) is 1.12. The van der Waals surface area contributed by atoms with Gasteiger partial charge in [0.05, 0.1) is 13.2 Å². The average molecular weight is 289 g/mol. The molecule has 0 heterocycles. The van der Waals surface area contributed by atoms with E-state index in [9.17, 15) is 9.59 Å². The largest absolute Gasteiger partial charge is 0.462 e. The Morgan fingerprint density at radius 2 is 1.89 bits per heavy atom. The van der Waals surface area contributed by atoms with E-state index in [1.807, 2.05) is 0 Å². The van der Waals surface area contributed by atoms with Crippen LogP contribution in [0.4, 0.5) is 4.79 Å². The molecule has 0 aliphatic carbocycles. The first-order valence-electron chi connectivity index (χ1n) is 6.30. The molecule has 0 aliphatic rings. The third kappa shape index (κ3) is 11.5. The zero-order chi connectivity index (χ0) is 14.5. The number of nitrogens with one attached hydrogen (secondary N) is 1. The van der Waals surface area contributed by atoms with Crippen LogP contribution in [0, 0.1) is 0 Å². The van der Waals surface area contributed by atoms with Crippen molar-refractivity contribution in [2.75, 3.05) is 26.9 Å². The Morgan fingerprint density at radius 3 is 2.53 bits per heavy atom. The highest BCUT2D eigenvalue weighted by atomic mass is 28.2. The molecule has 0 unspecified atom stereocenters. The molecular formula is C12H23NO5Si. The van der Waals surface area contributed by atoms with Crippen LogP contribution in [0.15, 0.2) is 12.2 Å². The van der Waals surface area contributed by atoms with E-state index in [1.165, 1.54) is 0 Å². The number of alkyl carbamates (subject to hydrolysis) is 1. The number of esters is 1. The van der Waals surface area contributed by atoms with Gasteiger partial charge < -0.3 is 19.2 Å². The lowest BCUT2D eigenvalue weighted by molar-refractivity contribution is -0.139. The van der Waals surface area contributed by atoms with E-state index in [2.05, 4.69) is 11.9 Å². The fraction of sp³-hybridized carbons (Fsp3) is 0.667. The van der Waals surface area contributed by atoms with Crippen molar-refractivity contribution in [1.82, 2.24) is 5.32 Å². The normalized spacial score (nSPS) is 10.4. The lowest BCUT2D eigenvalue weighted by Crippen LogP contribution is -2.26. The van der Waals surface area contributed by atoms with Gasteiger partial charge in [-0.3, -0.25) is 0 Å². The second kappa shape index (κ2) is 11.7. The van der Waals surface area contributed by atoms with Gasteiger partial charge in [0, 0.05) is 25.6 Å². The van der Waals surface area contributed by atoms with Crippen molar-refractivity contribution in [3.63, 3.8) is 0 Å². The first-order valence-corrected chi connectivity index (χ1v) is 7.88. The maximum atomic E-state index is 11.2. The smallest absolute Gasteiger partial charge is 0.407 e. The summed E-state index contributed by atoms with van der Waals surface area (Å²) in [5, 5.41) is 2.64. The first-order chi connectivity index (χ1) is 9.07. The van der Waals surface area contributed by atoms with E-state index in [-0.39, 0.29) is 13.2 Å². The lowest BCUT2D eigenvalue weighted by Gasteiger charge is -2.07. The van der Waals surface area contributed by atoms with Crippen molar-refractivity contribution < 1.29 is 23.5 Å². The Kier molecular flexibility index (Phi) is 10.9. The van der Waals surface area contributed by atoms with Crippen LogP contribution in [-0.4, -0.2) is 48.7 Å². The predicted molar refractivity (Wildman–Crippen MR) is 74.7 cm³/mol. The quantitative estimate of drug-likeness (QED) is 0.278. The van der Waals surface area contributed by atoms with Crippen LogP contribution in [0.5, 0.6) is 0 Å². The monoisotopic (exact) mass is 289 g/mol. The van der Waals surface area contributed by atoms with E-state index in [0.29, 0.717) is 18.5 Å². The molecule has 0 aromatic heterocycles. The summed E-state index contributed by atoms with van der Waals surface area (Å²) < 4.78 is 14.8. The summed E-state index contributed by atoms with van der Waals surface area (Å²) in [6.07, 6.45) is 0.944. The number of hydrogen-bond donors (Lipinski definition) is 1. The highest BCUT2D eigenvalue weighted by Gasteiger charge is 2.04. The van der Waals surface area contributed by atoms with E-state index in [4.69, 9.17) is 13.9 Å². The third-order valence-electron chi connectivity index (χ3n) is 2.15. The molecule has 0 radical (unpaired) electrons.